The zero-order valence-electron chi connectivity index (χ0n) is 16.7. The van der Waals surface area contributed by atoms with E-state index in [1.54, 1.807) is 6.07 Å². The largest absolute Gasteiger partial charge is 0.507 e. The molecule has 3 heteroatoms. The zero-order valence-corrected chi connectivity index (χ0v) is 16.7. The second-order valence-electron chi connectivity index (χ2n) is 7.79. The van der Waals surface area contributed by atoms with E-state index in [-0.39, 0.29) is 23.0 Å². The van der Waals surface area contributed by atoms with Crippen LogP contribution in [0, 0.1) is 18.8 Å². The van der Waals surface area contributed by atoms with Crippen molar-refractivity contribution in [3.05, 3.63) is 28.8 Å². The third-order valence-electron chi connectivity index (χ3n) is 5.75. The first-order chi connectivity index (χ1) is 11.1. The molecule has 136 valence electrons. The second kappa shape index (κ2) is 8.15. The van der Waals surface area contributed by atoms with Crippen LogP contribution >= 0.6 is 0 Å². The first-order valence-electron chi connectivity index (χ1n) is 9.17. The van der Waals surface area contributed by atoms with Crippen LogP contribution in [0.1, 0.15) is 76.4 Å². The fourth-order valence-corrected chi connectivity index (χ4v) is 2.85. The lowest BCUT2D eigenvalue weighted by Gasteiger charge is -2.41. The maximum atomic E-state index is 12.4. The molecule has 0 bridgehead atoms. The number of rotatable bonds is 8. The van der Waals surface area contributed by atoms with Crippen LogP contribution in [0.4, 0.5) is 0 Å². The van der Waals surface area contributed by atoms with E-state index in [9.17, 15) is 9.90 Å². The first kappa shape index (κ1) is 20.7. The molecule has 0 saturated carbocycles. The normalized spacial score (nSPS) is 13.6. The van der Waals surface area contributed by atoms with E-state index < -0.39 is 0 Å². The molecule has 0 aliphatic heterocycles. The average molecular weight is 334 g/mol. The molecule has 0 radical (unpaired) electrons. The van der Waals surface area contributed by atoms with Gasteiger partial charge in [-0.15, -0.1) is 0 Å². The number of hydrogen-bond donors (Lipinski definition) is 1. The first-order valence-corrected chi connectivity index (χ1v) is 9.17. The van der Waals surface area contributed by atoms with Gasteiger partial charge in [0.25, 0.3) is 0 Å². The van der Waals surface area contributed by atoms with E-state index >= 15 is 0 Å². The highest BCUT2D eigenvalue weighted by Gasteiger charge is 2.29. The van der Waals surface area contributed by atoms with Crippen LogP contribution in [0.5, 0.6) is 5.75 Å². The number of hydrogen-bond acceptors (Lipinski definition) is 3. The van der Waals surface area contributed by atoms with Gasteiger partial charge < -0.3 is 5.11 Å². The van der Waals surface area contributed by atoms with Crippen molar-refractivity contribution in [2.45, 2.75) is 73.9 Å². The predicted octanol–water partition coefficient (Wildman–Crippen LogP) is 5.19. The van der Waals surface area contributed by atoms with Crippen LogP contribution in [0.2, 0.25) is 0 Å². The Labute approximate surface area is 148 Å². The summed E-state index contributed by atoms with van der Waals surface area (Å²) >= 11 is 0. The molecule has 0 aliphatic carbocycles. The molecule has 1 aromatic carbocycles. The topological polar surface area (TPSA) is 40.5 Å². The molecule has 24 heavy (non-hydrogen) atoms. The monoisotopic (exact) mass is 333 g/mol. The van der Waals surface area contributed by atoms with Gasteiger partial charge in [0.05, 0.1) is 5.56 Å². The van der Waals surface area contributed by atoms with Crippen LogP contribution in [0.25, 0.3) is 0 Å². The smallest absolute Gasteiger partial charge is 0.169 e. The maximum Gasteiger partial charge on any atom is 0.169 e. The molecule has 1 N–H and O–H groups in total. The van der Waals surface area contributed by atoms with E-state index in [0.29, 0.717) is 11.5 Å². The summed E-state index contributed by atoms with van der Waals surface area (Å²) in [4.78, 5) is 14.8. The van der Waals surface area contributed by atoms with Crippen molar-refractivity contribution in [1.29, 1.82) is 0 Å². The zero-order chi connectivity index (χ0) is 18.7. The Kier molecular flexibility index (Phi) is 7.03. The lowest BCUT2D eigenvalue weighted by Crippen LogP contribution is -2.47. The number of aryl methyl sites for hydroxylation is 1. The molecule has 0 aliphatic rings. The number of aromatic hydroxyl groups is 1. The lowest BCUT2D eigenvalue weighted by molar-refractivity contribution is 0.0741. The summed E-state index contributed by atoms with van der Waals surface area (Å²) in [5, 5.41) is 10.4. The summed E-state index contributed by atoms with van der Waals surface area (Å²) in [6, 6.07) is 3.64. The molecule has 0 amide bonds. The van der Waals surface area contributed by atoms with Gasteiger partial charge in [-0.2, -0.15) is 0 Å². The third kappa shape index (κ3) is 4.38. The summed E-state index contributed by atoms with van der Waals surface area (Å²) < 4.78 is 0. The van der Waals surface area contributed by atoms with Gasteiger partial charge in [0.2, 0.25) is 0 Å². The summed E-state index contributed by atoms with van der Waals surface area (Å²) in [7, 11) is 0. The molecule has 0 spiro atoms. The van der Waals surface area contributed by atoms with E-state index in [0.717, 1.165) is 30.6 Å². The number of phenolic OH excluding ortho intramolecular Hbond substituents is 1. The molecule has 3 nitrogen and oxygen atoms in total. The second-order valence-corrected chi connectivity index (χ2v) is 7.79. The highest BCUT2D eigenvalue weighted by Crippen LogP contribution is 2.30. The summed E-state index contributed by atoms with van der Waals surface area (Å²) in [6.07, 6.45) is 0.783. The van der Waals surface area contributed by atoms with Crippen molar-refractivity contribution >= 4 is 5.78 Å². The maximum absolute atomic E-state index is 12.4. The molecule has 1 aromatic rings. The van der Waals surface area contributed by atoms with Gasteiger partial charge in [0, 0.05) is 18.0 Å². The molecular weight excluding hydrogens is 298 g/mol. The fraction of sp³-hybridized carbons (Fsp3) is 0.667. The van der Waals surface area contributed by atoms with Gasteiger partial charge in [-0.1, -0.05) is 34.6 Å². The van der Waals surface area contributed by atoms with Crippen molar-refractivity contribution in [2.24, 2.45) is 11.8 Å². The summed E-state index contributed by atoms with van der Waals surface area (Å²) in [5.74, 6) is 0.601. The molecule has 1 rings (SSSR count). The molecule has 0 saturated heterocycles. The van der Waals surface area contributed by atoms with Gasteiger partial charge in [-0.25, -0.2) is 0 Å². The lowest BCUT2D eigenvalue weighted by atomic mass is 9.87. The van der Waals surface area contributed by atoms with Crippen molar-refractivity contribution in [2.75, 3.05) is 6.54 Å². The summed E-state index contributed by atoms with van der Waals surface area (Å²) in [5.41, 5.74) is 2.68. The minimum Gasteiger partial charge on any atom is -0.507 e. The Hall–Kier alpha value is -1.35. The third-order valence-corrected chi connectivity index (χ3v) is 5.75. The number of carbonyl (C=O) groups is 1. The van der Waals surface area contributed by atoms with Crippen LogP contribution in [-0.2, 0) is 6.54 Å². The highest BCUT2D eigenvalue weighted by atomic mass is 16.3. The molecular formula is C21H35NO2. The van der Waals surface area contributed by atoms with Gasteiger partial charge in [-0.05, 0) is 62.9 Å². The highest BCUT2D eigenvalue weighted by molar-refractivity contribution is 6.00. The molecule has 0 fully saturated rings. The minimum atomic E-state index is -0.0619. The standard InChI is InChI=1S/C21H35NO2/c1-9-15(5)20(24)18-11-16(6)17(12-19(18)23)13-22(10-2)21(7,8)14(3)4/h11-12,14-15,23H,9-10,13H2,1-8H3. The Bertz CT molecular complexity index is 575. The van der Waals surface area contributed by atoms with Gasteiger partial charge in [0.1, 0.15) is 5.75 Å². The van der Waals surface area contributed by atoms with Crippen molar-refractivity contribution in [3.63, 3.8) is 0 Å². The number of carbonyl (C=O) groups excluding carboxylic acids is 1. The van der Waals surface area contributed by atoms with Crippen molar-refractivity contribution < 1.29 is 9.90 Å². The van der Waals surface area contributed by atoms with Gasteiger partial charge in [-0.3, -0.25) is 9.69 Å². The molecule has 0 heterocycles. The Morgan fingerprint density at radius 1 is 1.21 bits per heavy atom. The van der Waals surface area contributed by atoms with Crippen molar-refractivity contribution in [3.8, 4) is 5.75 Å². The molecule has 1 unspecified atom stereocenters. The molecule has 0 aromatic heterocycles. The number of Topliss-reactive ketones (excluding diaryl/α,β-unsaturated/α-hetero) is 1. The fourth-order valence-electron chi connectivity index (χ4n) is 2.85. The minimum absolute atomic E-state index is 0.0273. The number of phenols is 1. The van der Waals surface area contributed by atoms with Crippen LogP contribution in [0.15, 0.2) is 12.1 Å². The van der Waals surface area contributed by atoms with E-state index in [2.05, 4.69) is 39.5 Å². The van der Waals surface area contributed by atoms with Gasteiger partial charge >= 0.3 is 0 Å². The quantitative estimate of drug-likeness (QED) is 0.666. The van der Waals surface area contributed by atoms with Crippen LogP contribution < -0.4 is 0 Å². The average Bonchev–Trinajstić information content (AvgIpc) is 2.53. The van der Waals surface area contributed by atoms with E-state index in [1.165, 1.54) is 0 Å². The van der Waals surface area contributed by atoms with Crippen LogP contribution in [-0.4, -0.2) is 27.9 Å². The Morgan fingerprint density at radius 2 is 1.79 bits per heavy atom. The van der Waals surface area contributed by atoms with E-state index in [1.807, 2.05) is 26.8 Å². The Balaban J connectivity index is 3.15. The molecule has 1 atom stereocenters. The Morgan fingerprint density at radius 3 is 2.25 bits per heavy atom. The van der Waals surface area contributed by atoms with Crippen LogP contribution in [0.3, 0.4) is 0 Å². The summed E-state index contributed by atoms with van der Waals surface area (Å²) in [6.45, 7) is 18.8. The predicted molar refractivity (Wildman–Crippen MR) is 102 cm³/mol. The van der Waals surface area contributed by atoms with Crippen molar-refractivity contribution in [1.82, 2.24) is 4.90 Å². The number of ketones is 1. The number of benzene rings is 1. The number of nitrogens with zero attached hydrogens (tertiary/aromatic N) is 1. The SMILES string of the molecule is CCC(C)C(=O)c1cc(C)c(CN(CC)C(C)(C)C(C)C)cc1O. The van der Waals surface area contributed by atoms with E-state index in [4.69, 9.17) is 0 Å². The van der Waals surface area contributed by atoms with Gasteiger partial charge in [0.15, 0.2) is 5.78 Å².